The number of halogens is 1. The highest BCUT2D eigenvalue weighted by Gasteiger charge is 2.28. The molecule has 6 nitrogen and oxygen atoms in total. The van der Waals surface area contributed by atoms with E-state index in [2.05, 4.69) is 15.0 Å². The molecule has 0 saturated carbocycles. The van der Waals surface area contributed by atoms with Crippen LogP contribution in [0.3, 0.4) is 0 Å². The van der Waals surface area contributed by atoms with Crippen molar-refractivity contribution in [3.63, 3.8) is 0 Å². The van der Waals surface area contributed by atoms with Gasteiger partial charge in [0, 0.05) is 25.4 Å². The van der Waals surface area contributed by atoms with Gasteiger partial charge in [-0.3, -0.25) is 9.78 Å². The van der Waals surface area contributed by atoms with Crippen molar-refractivity contribution >= 4 is 17.5 Å². The monoisotopic (exact) mass is 304 g/mol. The minimum atomic E-state index is -0.105. The van der Waals surface area contributed by atoms with Gasteiger partial charge in [0.25, 0.3) is 5.91 Å². The van der Waals surface area contributed by atoms with Crippen LogP contribution in [0.1, 0.15) is 16.8 Å². The number of carbonyl (C=O) groups excluding carboxylic acids is 1. The molecule has 1 aliphatic rings. The summed E-state index contributed by atoms with van der Waals surface area (Å²) in [7, 11) is 0. The normalized spacial score (nSPS) is 17.8. The third-order valence-electron chi connectivity index (χ3n) is 3.21. The number of hydrogen-bond acceptors (Lipinski definition) is 5. The molecule has 0 unspecified atom stereocenters. The van der Waals surface area contributed by atoms with Gasteiger partial charge in [0.2, 0.25) is 0 Å². The summed E-state index contributed by atoms with van der Waals surface area (Å²) in [5, 5.41) is 0.460. The van der Waals surface area contributed by atoms with E-state index in [1.165, 1.54) is 12.4 Å². The first-order valence-electron chi connectivity index (χ1n) is 6.56. The van der Waals surface area contributed by atoms with E-state index in [1.54, 1.807) is 29.4 Å². The van der Waals surface area contributed by atoms with Crippen molar-refractivity contribution in [1.82, 2.24) is 19.9 Å². The Labute approximate surface area is 126 Å². The van der Waals surface area contributed by atoms with Gasteiger partial charge < -0.3 is 9.64 Å². The molecule has 1 saturated heterocycles. The Hall–Kier alpha value is -2.21. The molecular weight excluding hydrogens is 292 g/mol. The van der Waals surface area contributed by atoms with E-state index < -0.39 is 0 Å². The van der Waals surface area contributed by atoms with E-state index >= 15 is 0 Å². The number of amides is 1. The Bertz CT molecular complexity index is 621. The van der Waals surface area contributed by atoms with Crippen LogP contribution in [0.2, 0.25) is 5.02 Å². The molecule has 0 radical (unpaired) electrons. The van der Waals surface area contributed by atoms with Gasteiger partial charge in [-0.25, -0.2) is 9.97 Å². The van der Waals surface area contributed by atoms with Crippen molar-refractivity contribution in [1.29, 1.82) is 0 Å². The van der Waals surface area contributed by atoms with Gasteiger partial charge >= 0.3 is 6.01 Å². The van der Waals surface area contributed by atoms with Gasteiger partial charge in [0.05, 0.1) is 29.5 Å². The molecule has 0 aromatic carbocycles. The molecule has 2 aromatic rings. The number of aromatic nitrogens is 3. The van der Waals surface area contributed by atoms with Gasteiger partial charge in [0.1, 0.15) is 6.10 Å². The first-order chi connectivity index (χ1) is 10.2. The third kappa shape index (κ3) is 3.28. The van der Waals surface area contributed by atoms with Gasteiger partial charge in [0.15, 0.2) is 0 Å². The van der Waals surface area contributed by atoms with Gasteiger partial charge in [-0.2, -0.15) is 0 Å². The molecule has 7 heteroatoms. The van der Waals surface area contributed by atoms with Gasteiger partial charge in [-0.05, 0) is 12.1 Å². The summed E-state index contributed by atoms with van der Waals surface area (Å²) < 4.78 is 5.66. The average molecular weight is 305 g/mol. The maximum Gasteiger partial charge on any atom is 0.316 e. The molecule has 3 rings (SSSR count). The molecule has 108 valence electrons. The predicted molar refractivity (Wildman–Crippen MR) is 76.2 cm³/mol. The molecule has 0 aliphatic carbocycles. The van der Waals surface area contributed by atoms with Crippen LogP contribution < -0.4 is 4.74 Å². The Balaban J connectivity index is 1.60. The Morgan fingerprint density at radius 3 is 2.86 bits per heavy atom. The highest BCUT2D eigenvalue weighted by molar-refractivity contribution is 6.30. The van der Waals surface area contributed by atoms with Crippen LogP contribution in [0.25, 0.3) is 0 Å². The van der Waals surface area contributed by atoms with Crippen LogP contribution in [-0.4, -0.2) is 45.0 Å². The first kappa shape index (κ1) is 13.8. The molecule has 3 heterocycles. The van der Waals surface area contributed by atoms with Crippen LogP contribution in [0, 0.1) is 0 Å². The summed E-state index contributed by atoms with van der Waals surface area (Å²) in [4.78, 5) is 26.0. The number of nitrogens with zero attached hydrogens (tertiary/aromatic N) is 4. The van der Waals surface area contributed by atoms with E-state index in [4.69, 9.17) is 16.3 Å². The molecular formula is C14H13ClN4O2. The second kappa shape index (κ2) is 6.05. The zero-order valence-electron chi connectivity index (χ0n) is 11.1. The number of hydrogen-bond donors (Lipinski definition) is 0. The summed E-state index contributed by atoms with van der Waals surface area (Å²) in [5.74, 6) is -0.0359. The number of ether oxygens (including phenoxy) is 1. The molecule has 0 spiro atoms. The van der Waals surface area contributed by atoms with Crippen molar-refractivity contribution in [2.75, 3.05) is 13.1 Å². The molecule has 1 aliphatic heterocycles. The molecule has 1 atom stereocenters. The molecule has 2 aromatic heterocycles. The van der Waals surface area contributed by atoms with Crippen molar-refractivity contribution in [3.8, 4) is 6.01 Å². The van der Waals surface area contributed by atoms with Crippen LogP contribution in [0.5, 0.6) is 6.01 Å². The fraction of sp³-hybridized carbons (Fsp3) is 0.286. The number of likely N-dealkylation sites (tertiary alicyclic amines) is 1. The standard InChI is InChI=1S/C14H13ClN4O2/c15-11-7-17-14(18-8-11)21-12-3-5-19(9-12)13(20)10-2-1-4-16-6-10/h1-2,4,6-8,12H,3,5,9H2/t12-/m1/s1. The summed E-state index contributed by atoms with van der Waals surface area (Å²) in [6.07, 6.45) is 6.82. The van der Waals surface area contributed by atoms with Crippen LogP contribution in [-0.2, 0) is 0 Å². The minimum Gasteiger partial charge on any atom is -0.458 e. The zero-order chi connectivity index (χ0) is 14.7. The Kier molecular flexibility index (Phi) is 3.96. The SMILES string of the molecule is O=C(c1cccnc1)N1CC[C@@H](Oc2ncc(Cl)cn2)C1. The topological polar surface area (TPSA) is 68.2 Å². The highest BCUT2D eigenvalue weighted by atomic mass is 35.5. The second-order valence-corrected chi connectivity index (χ2v) is 5.14. The predicted octanol–water partition coefficient (Wildman–Crippen LogP) is 1.82. The molecule has 0 N–H and O–H groups in total. The number of rotatable bonds is 3. The minimum absolute atomic E-state index is 0.0359. The van der Waals surface area contributed by atoms with Crippen LogP contribution >= 0.6 is 11.6 Å². The third-order valence-corrected chi connectivity index (χ3v) is 3.40. The number of pyridine rings is 1. The van der Waals surface area contributed by atoms with Gasteiger partial charge in [-0.1, -0.05) is 11.6 Å². The van der Waals surface area contributed by atoms with Gasteiger partial charge in [-0.15, -0.1) is 0 Å². The maximum absolute atomic E-state index is 12.3. The summed E-state index contributed by atoms with van der Waals surface area (Å²) in [5.41, 5.74) is 0.584. The summed E-state index contributed by atoms with van der Waals surface area (Å²) >= 11 is 5.72. The van der Waals surface area contributed by atoms with Crippen molar-refractivity contribution in [3.05, 3.63) is 47.5 Å². The lowest BCUT2D eigenvalue weighted by Gasteiger charge is -2.16. The lowest BCUT2D eigenvalue weighted by molar-refractivity contribution is 0.0769. The Morgan fingerprint density at radius 2 is 2.14 bits per heavy atom. The van der Waals surface area contributed by atoms with E-state index in [1.807, 2.05) is 0 Å². The van der Waals surface area contributed by atoms with Crippen molar-refractivity contribution in [2.24, 2.45) is 0 Å². The quantitative estimate of drug-likeness (QED) is 0.865. The lowest BCUT2D eigenvalue weighted by atomic mass is 10.2. The van der Waals surface area contributed by atoms with Crippen LogP contribution in [0.15, 0.2) is 36.9 Å². The van der Waals surface area contributed by atoms with Crippen molar-refractivity contribution < 1.29 is 9.53 Å². The number of carbonyl (C=O) groups is 1. The maximum atomic E-state index is 12.3. The summed E-state index contributed by atoms with van der Waals surface area (Å²) in [6, 6.07) is 3.78. The highest BCUT2D eigenvalue weighted by Crippen LogP contribution is 2.17. The van der Waals surface area contributed by atoms with Crippen LogP contribution in [0.4, 0.5) is 0 Å². The molecule has 1 fully saturated rings. The fourth-order valence-electron chi connectivity index (χ4n) is 2.19. The molecule has 0 bridgehead atoms. The van der Waals surface area contributed by atoms with Crippen molar-refractivity contribution in [2.45, 2.75) is 12.5 Å². The zero-order valence-corrected chi connectivity index (χ0v) is 11.9. The van der Waals surface area contributed by atoms with E-state index in [9.17, 15) is 4.79 Å². The first-order valence-corrected chi connectivity index (χ1v) is 6.93. The fourth-order valence-corrected chi connectivity index (χ4v) is 2.29. The van der Waals surface area contributed by atoms with E-state index in [0.29, 0.717) is 23.7 Å². The Morgan fingerprint density at radius 1 is 1.33 bits per heavy atom. The lowest BCUT2D eigenvalue weighted by Crippen LogP contribution is -2.31. The molecule has 21 heavy (non-hydrogen) atoms. The van der Waals surface area contributed by atoms with E-state index in [0.717, 1.165) is 6.42 Å². The summed E-state index contributed by atoms with van der Waals surface area (Å²) in [6.45, 7) is 1.16. The second-order valence-electron chi connectivity index (χ2n) is 4.71. The largest absolute Gasteiger partial charge is 0.458 e. The van der Waals surface area contributed by atoms with E-state index in [-0.39, 0.29) is 18.0 Å². The smallest absolute Gasteiger partial charge is 0.316 e. The average Bonchev–Trinajstić information content (AvgIpc) is 2.98. The molecule has 1 amide bonds.